The minimum atomic E-state index is -3.54. The highest BCUT2D eigenvalue weighted by molar-refractivity contribution is 7.89. The molecule has 33 heavy (non-hydrogen) atoms. The average Bonchev–Trinajstić information content (AvgIpc) is 2.83. The molecule has 0 spiro atoms. The molecule has 9 nitrogen and oxygen atoms in total. The SMILES string of the molecule is CCOc1ccc(NC(=O)CNC(=O)CCc2ccc(S(=O)(=O)N3CCOCC3)cc2)cc1. The molecule has 1 heterocycles. The van der Waals surface area contributed by atoms with Gasteiger partial charge in [-0.05, 0) is 55.3 Å². The highest BCUT2D eigenvalue weighted by Gasteiger charge is 2.26. The molecule has 2 aromatic rings. The zero-order valence-corrected chi connectivity index (χ0v) is 19.4. The van der Waals surface area contributed by atoms with Gasteiger partial charge in [0.2, 0.25) is 21.8 Å². The summed E-state index contributed by atoms with van der Waals surface area (Å²) < 4.78 is 37.3. The van der Waals surface area contributed by atoms with Crippen LogP contribution in [0.3, 0.4) is 0 Å². The lowest BCUT2D eigenvalue weighted by Crippen LogP contribution is -2.40. The van der Waals surface area contributed by atoms with Crippen molar-refractivity contribution in [2.45, 2.75) is 24.7 Å². The van der Waals surface area contributed by atoms with Gasteiger partial charge in [0, 0.05) is 25.2 Å². The predicted molar refractivity (Wildman–Crippen MR) is 124 cm³/mol. The second-order valence-corrected chi connectivity index (χ2v) is 9.38. The number of aryl methyl sites for hydroxylation is 1. The monoisotopic (exact) mass is 475 g/mol. The van der Waals surface area contributed by atoms with E-state index in [9.17, 15) is 18.0 Å². The molecular formula is C23H29N3O6S. The largest absolute Gasteiger partial charge is 0.494 e. The zero-order chi connectivity index (χ0) is 23.7. The summed E-state index contributed by atoms with van der Waals surface area (Å²) in [5.41, 5.74) is 1.45. The Balaban J connectivity index is 1.41. The smallest absolute Gasteiger partial charge is 0.243 e. The Hall–Kier alpha value is -2.95. The zero-order valence-electron chi connectivity index (χ0n) is 18.6. The quantitative estimate of drug-likeness (QED) is 0.542. The molecule has 2 N–H and O–H groups in total. The van der Waals surface area contributed by atoms with Gasteiger partial charge in [0.15, 0.2) is 0 Å². The summed E-state index contributed by atoms with van der Waals surface area (Å²) in [7, 11) is -3.54. The van der Waals surface area contributed by atoms with Gasteiger partial charge in [0.1, 0.15) is 5.75 Å². The van der Waals surface area contributed by atoms with Gasteiger partial charge in [0.05, 0.1) is 31.3 Å². The number of nitrogens with one attached hydrogen (secondary N) is 2. The van der Waals surface area contributed by atoms with Crippen molar-refractivity contribution in [2.75, 3.05) is 44.8 Å². The molecule has 1 saturated heterocycles. The molecule has 0 unspecified atom stereocenters. The van der Waals surface area contributed by atoms with Crippen molar-refractivity contribution in [1.29, 1.82) is 0 Å². The van der Waals surface area contributed by atoms with E-state index in [0.29, 0.717) is 45.0 Å². The number of benzene rings is 2. The molecule has 0 radical (unpaired) electrons. The van der Waals surface area contributed by atoms with E-state index in [1.807, 2.05) is 6.92 Å². The number of rotatable bonds is 10. The summed E-state index contributed by atoms with van der Waals surface area (Å²) in [6.07, 6.45) is 0.621. The van der Waals surface area contributed by atoms with Crippen LogP contribution in [0.25, 0.3) is 0 Å². The first-order valence-electron chi connectivity index (χ1n) is 10.8. The highest BCUT2D eigenvalue weighted by atomic mass is 32.2. The number of hydrogen-bond donors (Lipinski definition) is 2. The van der Waals surface area contributed by atoms with Crippen LogP contribution in [0.2, 0.25) is 0 Å². The summed E-state index contributed by atoms with van der Waals surface area (Å²) in [5, 5.41) is 5.30. The molecule has 3 rings (SSSR count). The lowest BCUT2D eigenvalue weighted by molar-refractivity contribution is -0.124. The fourth-order valence-electron chi connectivity index (χ4n) is 3.30. The summed E-state index contributed by atoms with van der Waals surface area (Å²) in [5.74, 6) is 0.127. The molecule has 2 amide bonds. The molecule has 1 aliphatic heterocycles. The van der Waals surface area contributed by atoms with Crippen molar-refractivity contribution in [2.24, 2.45) is 0 Å². The number of ether oxygens (including phenoxy) is 2. The first kappa shape index (κ1) is 24.7. The summed E-state index contributed by atoms with van der Waals surface area (Å²) >= 11 is 0. The van der Waals surface area contributed by atoms with Crippen molar-refractivity contribution in [3.63, 3.8) is 0 Å². The lowest BCUT2D eigenvalue weighted by atomic mass is 10.1. The minimum absolute atomic E-state index is 0.136. The fraction of sp³-hybridized carbons (Fsp3) is 0.391. The summed E-state index contributed by atoms with van der Waals surface area (Å²) in [6, 6.07) is 13.5. The highest BCUT2D eigenvalue weighted by Crippen LogP contribution is 2.18. The number of morpholine rings is 1. The third-order valence-electron chi connectivity index (χ3n) is 5.07. The van der Waals surface area contributed by atoms with Crippen LogP contribution in [0.5, 0.6) is 5.75 Å². The standard InChI is InChI=1S/C23H29N3O6S/c1-2-32-20-8-6-19(7-9-20)25-23(28)17-24-22(27)12-5-18-3-10-21(11-4-18)33(29,30)26-13-15-31-16-14-26/h3-4,6-11H,2,5,12-17H2,1H3,(H,24,27)(H,25,28). The molecule has 10 heteroatoms. The van der Waals surface area contributed by atoms with E-state index in [0.717, 1.165) is 11.3 Å². The van der Waals surface area contributed by atoms with Crippen LogP contribution in [0, 0.1) is 0 Å². The Morgan fingerprint density at radius 2 is 1.67 bits per heavy atom. The van der Waals surface area contributed by atoms with Crippen LogP contribution < -0.4 is 15.4 Å². The number of nitrogens with zero attached hydrogens (tertiary/aromatic N) is 1. The molecule has 178 valence electrons. The molecule has 0 aromatic heterocycles. The third-order valence-corrected chi connectivity index (χ3v) is 6.98. The van der Waals surface area contributed by atoms with Crippen molar-refractivity contribution in [1.82, 2.24) is 9.62 Å². The normalized spacial score (nSPS) is 14.5. The molecule has 0 saturated carbocycles. The lowest BCUT2D eigenvalue weighted by Gasteiger charge is -2.26. The van der Waals surface area contributed by atoms with Gasteiger partial charge in [-0.15, -0.1) is 0 Å². The topological polar surface area (TPSA) is 114 Å². The average molecular weight is 476 g/mol. The number of amides is 2. The Labute approximate surface area is 194 Å². The Kier molecular flexibility index (Phi) is 8.81. The number of hydrogen-bond acceptors (Lipinski definition) is 6. The molecular weight excluding hydrogens is 446 g/mol. The maximum atomic E-state index is 12.7. The van der Waals surface area contributed by atoms with Crippen molar-refractivity contribution < 1.29 is 27.5 Å². The summed E-state index contributed by atoms with van der Waals surface area (Å²) in [4.78, 5) is 24.4. The van der Waals surface area contributed by atoms with Crippen molar-refractivity contribution >= 4 is 27.5 Å². The van der Waals surface area contributed by atoms with Gasteiger partial charge >= 0.3 is 0 Å². The van der Waals surface area contributed by atoms with Crippen LogP contribution in [0.1, 0.15) is 18.9 Å². The van der Waals surface area contributed by atoms with Crippen LogP contribution in [-0.2, 0) is 30.8 Å². The van der Waals surface area contributed by atoms with Gasteiger partial charge in [-0.2, -0.15) is 4.31 Å². The van der Waals surface area contributed by atoms with Gasteiger partial charge in [-0.1, -0.05) is 12.1 Å². The second kappa shape index (κ2) is 11.8. The van der Waals surface area contributed by atoms with Gasteiger partial charge in [-0.3, -0.25) is 9.59 Å². The molecule has 1 fully saturated rings. The predicted octanol–water partition coefficient (Wildman–Crippen LogP) is 1.79. The van der Waals surface area contributed by atoms with E-state index in [-0.39, 0.29) is 29.7 Å². The molecule has 1 aliphatic rings. The number of anilines is 1. The molecule has 0 aliphatic carbocycles. The molecule has 0 bridgehead atoms. The van der Waals surface area contributed by atoms with Crippen LogP contribution in [0.15, 0.2) is 53.4 Å². The van der Waals surface area contributed by atoms with E-state index in [1.165, 1.54) is 4.31 Å². The van der Waals surface area contributed by atoms with Gasteiger partial charge < -0.3 is 20.1 Å². The van der Waals surface area contributed by atoms with E-state index in [4.69, 9.17) is 9.47 Å². The number of carbonyl (C=O) groups excluding carboxylic acids is 2. The maximum absolute atomic E-state index is 12.7. The van der Waals surface area contributed by atoms with E-state index in [1.54, 1.807) is 48.5 Å². The van der Waals surface area contributed by atoms with E-state index in [2.05, 4.69) is 10.6 Å². The van der Waals surface area contributed by atoms with Crippen LogP contribution in [-0.4, -0.2) is 64.0 Å². The van der Waals surface area contributed by atoms with E-state index < -0.39 is 10.0 Å². The third kappa shape index (κ3) is 7.28. The first-order valence-corrected chi connectivity index (χ1v) is 12.3. The Morgan fingerprint density at radius 3 is 2.30 bits per heavy atom. The summed E-state index contributed by atoms with van der Waals surface area (Å²) in [6.45, 7) is 3.80. The molecule has 2 aromatic carbocycles. The van der Waals surface area contributed by atoms with Gasteiger partial charge in [0.25, 0.3) is 0 Å². The van der Waals surface area contributed by atoms with Crippen LogP contribution >= 0.6 is 0 Å². The number of carbonyl (C=O) groups is 2. The fourth-order valence-corrected chi connectivity index (χ4v) is 4.70. The minimum Gasteiger partial charge on any atom is -0.494 e. The van der Waals surface area contributed by atoms with E-state index >= 15 is 0 Å². The molecule has 0 atom stereocenters. The Morgan fingerprint density at radius 1 is 1.00 bits per heavy atom. The van der Waals surface area contributed by atoms with Crippen LogP contribution in [0.4, 0.5) is 5.69 Å². The van der Waals surface area contributed by atoms with Crippen molar-refractivity contribution in [3.8, 4) is 5.75 Å². The Bertz CT molecular complexity index is 1030. The second-order valence-electron chi connectivity index (χ2n) is 7.44. The van der Waals surface area contributed by atoms with Crippen molar-refractivity contribution in [3.05, 3.63) is 54.1 Å². The maximum Gasteiger partial charge on any atom is 0.243 e. The van der Waals surface area contributed by atoms with Gasteiger partial charge in [-0.25, -0.2) is 8.42 Å². The number of sulfonamides is 1. The first-order chi connectivity index (χ1) is 15.9.